The standard InChI is InChI=1S/C24H20F2N2/c1-17-12-14-18(15-13-17)21-16-22(23(25)26)28(20-10-6-3-7-11-20)24(27-21)19-8-4-2-5-9-19/h2-16,23-24H,1H3. The molecule has 140 valence electrons. The van der Waals surface area contributed by atoms with Crippen molar-refractivity contribution in [1.29, 1.82) is 0 Å². The Morgan fingerprint density at radius 1 is 0.821 bits per heavy atom. The Labute approximate surface area is 163 Å². The molecular weight excluding hydrogens is 354 g/mol. The molecule has 0 spiro atoms. The average molecular weight is 374 g/mol. The number of nitrogens with zero attached hydrogens (tertiary/aromatic N) is 2. The second-order valence-electron chi connectivity index (χ2n) is 6.74. The number of halogens is 2. The molecule has 4 heteroatoms. The summed E-state index contributed by atoms with van der Waals surface area (Å²) < 4.78 is 28.3. The molecule has 0 aliphatic carbocycles. The van der Waals surface area contributed by atoms with Crippen molar-refractivity contribution in [3.63, 3.8) is 0 Å². The van der Waals surface area contributed by atoms with E-state index in [1.165, 1.54) is 6.08 Å². The van der Waals surface area contributed by atoms with E-state index in [0.29, 0.717) is 11.4 Å². The fraction of sp³-hybridized carbons (Fsp3) is 0.125. The molecule has 1 atom stereocenters. The molecule has 2 nitrogen and oxygen atoms in total. The van der Waals surface area contributed by atoms with Gasteiger partial charge in [-0.3, -0.25) is 4.99 Å². The highest BCUT2D eigenvalue weighted by atomic mass is 19.3. The van der Waals surface area contributed by atoms with Gasteiger partial charge < -0.3 is 4.90 Å². The van der Waals surface area contributed by atoms with Gasteiger partial charge in [-0.1, -0.05) is 78.4 Å². The summed E-state index contributed by atoms with van der Waals surface area (Å²) in [6.45, 7) is 2.00. The first kappa shape index (κ1) is 18.1. The van der Waals surface area contributed by atoms with E-state index in [-0.39, 0.29) is 5.70 Å². The minimum Gasteiger partial charge on any atom is -0.313 e. The van der Waals surface area contributed by atoms with Crippen LogP contribution in [0, 0.1) is 6.92 Å². The smallest absolute Gasteiger partial charge is 0.278 e. The first-order chi connectivity index (χ1) is 13.6. The number of aryl methyl sites for hydroxylation is 1. The second kappa shape index (κ2) is 7.77. The number of aliphatic imine (C=N–C) groups is 1. The van der Waals surface area contributed by atoms with Crippen LogP contribution in [0.4, 0.5) is 14.5 Å². The topological polar surface area (TPSA) is 15.6 Å². The molecule has 1 aliphatic rings. The van der Waals surface area contributed by atoms with Crippen molar-refractivity contribution in [2.75, 3.05) is 4.90 Å². The summed E-state index contributed by atoms with van der Waals surface area (Å²) >= 11 is 0. The third kappa shape index (κ3) is 3.58. The molecular formula is C24H20F2N2. The minimum absolute atomic E-state index is 0.0503. The van der Waals surface area contributed by atoms with E-state index in [9.17, 15) is 8.78 Å². The summed E-state index contributed by atoms with van der Waals surface area (Å²) in [5, 5.41) is 0. The Morgan fingerprint density at radius 2 is 1.43 bits per heavy atom. The highest BCUT2D eigenvalue weighted by Crippen LogP contribution is 2.37. The number of para-hydroxylation sites is 1. The fourth-order valence-corrected chi connectivity index (χ4v) is 3.36. The predicted octanol–water partition coefficient (Wildman–Crippen LogP) is 6.15. The van der Waals surface area contributed by atoms with Gasteiger partial charge >= 0.3 is 0 Å². The third-order valence-corrected chi connectivity index (χ3v) is 4.77. The van der Waals surface area contributed by atoms with E-state index in [1.54, 1.807) is 4.90 Å². The van der Waals surface area contributed by atoms with Crippen molar-refractivity contribution in [2.45, 2.75) is 19.5 Å². The van der Waals surface area contributed by atoms with Crippen LogP contribution in [0.5, 0.6) is 0 Å². The molecule has 0 radical (unpaired) electrons. The van der Waals surface area contributed by atoms with Gasteiger partial charge in [0.2, 0.25) is 0 Å². The molecule has 0 aromatic heterocycles. The molecule has 4 rings (SSSR count). The lowest BCUT2D eigenvalue weighted by Gasteiger charge is -2.36. The summed E-state index contributed by atoms with van der Waals surface area (Å²) in [7, 11) is 0. The molecule has 3 aromatic rings. The molecule has 28 heavy (non-hydrogen) atoms. The van der Waals surface area contributed by atoms with Crippen molar-refractivity contribution in [2.24, 2.45) is 4.99 Å². The number of rotatable bonds is 4. The molecule has 0 fully saturated rings. The van der Waals surface area contributed by atoms with Crippen LogP contribution in [0.1, 0.15) is 22.9 Å². The van der Waals surface area contributed by atoms with Gasteiger partial charge in [-0.25, -0.2) is 8.78 Å². The van der Waals surface area contributed by atoms with Gasteiger partial charge in [-0.15, -0.1) is 0 Å². The summed E-state index contributed by atoms with van der Waals surface area (Å²) in [6.07, 6.45) is -1.68. The monoisotopic (exact) mass is 374 g/mol. The molecule has 0 saturated carbocycles. The van der Waals surface area contributed by atoms with Gasteiger partial charge in [-0.2, -0.15) is 0 Å². The van der Waals surface area contributed by atoms with Crippen LogP contribution >= 0.6 is 0 Å². The van der Waals surface area contributed by atoms with Gasteiger partial charge in [0.15, 0.2) is 6.17 Å². The van der Waals surface area contributed by atoms with E-state index >= 15 is 0 Å². The molecule has 0 amide bonds. The lowest BCUT2D eigenvalue weighted by Crippen LogP contribution is -2.34. The van der Waals surface area contributed by atoms with Gasteiger partial charge in [0, 0.05) is 5.69 Å². The van der Waals surface area contributed by atoms with Crippen LogP contribution in [0.15, 0.2) is 102 Å². The van der Waals surface area contributed by atoms with Gasteiger partial charge in [0.25, 0.3) is 6.43 Å². The number of hydrogen-bond donors (Lipinski definition) is 0. The van der Waals surface area contributed by atoms with Crippen LogP contribution < -0.4 is 4.90 Å². The van der Waals surface area contributed by atoms with E-state index in [2.05, 4.69) is 0 Å². The van der Waals surface area contributed by atoms with Crippen LogP contribution in [0.2, 0.25) is 0 Å². The van der Waals surface area contributed by atoms with Crippen LogP contribution in [0.25, 0.3) is 0 Å². The number of allylic oxidation sites excluding steroid dienone is 2. The van der Waals surface area contributed by atoms with E-state index in [4.69, 9.17) is 4.99 Å². The Bertz CT molecular complexity index is 994. The van der Waals surface area contributed by atoms with Crippen molar-refractivity contribution in [1.82, 2.24) is 0 Å². The zero-order valence-electron chi connectivity index (χ0n) is 15.5. The van der Waals surface area contributed by atoms with E-state index in [0.717, 1.165) is 16.7 Å². The highest BCUT2D eigenvalue weighted by Gasteiger charge is 2.32. The molecule has 0 N–H and O–H groups in total. The average Bonchev–Trinajstić information content (AvgIpc) is 2.74. The molecule has 3 aromatic carbocycles. The zero-order chi connectivity index (χ0) is 19.5. The van der Waals surface area contributed by atoms with Crippen LogP contribution in [-0.2, 0) is 0 Å². The molecule has 1 heterocycles. The van der Waals surface area contributed by atoms with Crippen molar-refractivity contribution >= 4 is 11.4 Å². The minimum atomic E-state index is -2.62. The van der Waals surface area contributed by atoms with Gasteiger partial charge in [0.05, 0.1) is 11.4 Å². The number of benzene rings is 3. The second-order valence-corrected chi connectivity index (χ2v) is 6.74. The quantitative estimate of drug-likeness (QED) is 0.535. The SMILES string of the molecule is Cc1ccc(C2=NC(c3ccccc3)N(c3ccccc3)C(C(F)F)=C2)cc1. The fourth-order valence-electron chi connectivity index (χ4n) is 3.36. The Morgan fingerprint density at radius 3 is 2.04 bits per heavy atom. The summed E-state index contributed by atoms with van der Waals surface area (Å²) in [4.78, 5) is 6.50. The Hall–Kier alpha value is -3.27. The summed E-state index contributed by atoms with van der Waals surface area (Å²) in [5.41, 5.74) is 4.01. The van der Waals surface area contributed by atoms with E-state index < -0.39 is 12.6 Å². The van der Waals surface area contributed by atoms with Crippen molar-refractivity contribution in [3.8, 4) is 0 Å². The van der Waals surface area contributed by atoms with E-state index in [1.807, 2.05) is 91.9 Å². The lowest BCUT2D eigenvalue weighted by atomic mass is 10.0. The summed E-state index contributed by atoms with van der Waals surface area (Å²) in [5.74, 6) is 0. The predicted molar refractivity (Wildman–Crippen MR) is 110 cm³/mol. The zero-order valence-corrected chi connectivity index (χ0v) is 15.5. The largest absolute Gasteiger partial charge is 0.313 e. The maximum Gasteiger partial charge on any atom is 0.278 e. The summed E-state index contributed by atoms with van der Waals surface area (Å²) in [6, 6.07) is 26.6. The number of anilines is 1. The van der Waals surface area contributed by atoms with Crippen LogP contribution in [0.3, 0.4) is 0 Å². The lowest BCUT2D eigenvalue weighted by molar-refractivity contribution is 0.183. The first-order valence-corrected chi connectivity index (χ1v) is 9.17. The maximum atomic E-state index is 14.1. The van der Waals surface area contributed by atoms with Crippen LogP contribution in [-0.4, -0.2) is 12.1 Å². The Kier molecular flexibility index (Phi) is 5.02. The van der Waals surface area contributed by atoms with Gasteiger partial charge in [-0.05, 0) is 36.3 Å². The molecule has 1 unspecified atom stereocenters. The van der Waals surface area contributed by atoms with Crippen molar-refractivity contribution < 1.29 is 8.78 Å². The highest BCUT2D eigenvalue weighted by molar-refractivity contribution is 6.10. The molecule has 0 saturated heterocycles. The van der Waals surface area contributed by atoms with Gasteiger partial charge in [0.1, 0.15) is 0 Å². The first-order valence-electron chi connectivity index (χ1n) is 9.17. The molecule has 0 bridgehead atoms. The normalized spacial score (nSPS) is 16.7. The third-order valence-electron chi connectivity index (χ3n) is 4.77. The number of hydrogen-bond acceptors (Lipinski definition) is 2. The maximum absolute atomic E-state index is 14.1. The molecule has 1 aliphatic heterocycles. The number of alkyl halides is 2. The van der Waals surface area contributed by atoms with Crippen molar-refractivity contribution in [3.05, 3.63) is 113 Å². The Balaban J connectivity index is 1.88.